The van der Waals surface area contributed by atoms with E-state index < -0.39 is 0 Å². The van der Waals surface area contributed by atoms with Gasteiger partial charge in [0.05, 0.1) is 22.2 Å². The summed E-state index contributed by atoms with van der Waals surface area (Å²) in [6.07, 6.45) is 5.93. The van der Waals surface area contributed by atoms with Crippen molar-refractivity contribution in [2.45, 2.75) is 12.3 Å². The fourth-order valence-electron chi connectivity index (χ4n) is 8.90. The first-order valence-corrected chi connectivity index (χ1v) is 18.9. The van der Waals surface area contributed by atoms with Gasteiger partial charge in [0.25, 0.3) is 0 Å². The molecule has 1 aliphatic carbocycles. The zero-order valence-corrected chi connectivity index (χ0v) is 29.7. The molecule has 54 heavy (non-hydrogen) atoms. The van der Waals surface area contributed by atoms with Gasteiger partial charge < -0.3 is 9.13 Å². The van der Waals surface area contributed by atoms with Crippen LogP contribution in [-0.2, 0) is 0 Å². The van der Waals surface area contributed by atoms with Gasteiger partial charge in [0.2, 0.25) is 0 Å². The minimum absolute atomic E-state index is 0.261. The van der Waals surface area contributed by atoms with Gasteiger partial charge in [0.1, 0.15) is 0 Å². The lowest BCUT2D eigenvalue weighted by atomic mass is 9.90. The van der Waals surface area contributed by atoms with Gasteiger partial charge in [0, 0.05) is 43.7 Å². The van der Waals surface area contributed by atoms with Gasteiger partial charge in [-0.1, -0.05) is 152 Å². The molecule has 2 nitrogen and oxygen atoms in total. The molecule has 1 atom stereocenters. The highest BCUT2D eigenvalue weighted by Crippen LogP contribution is 2.38. The van der Waals surface area contributed by atoms with Gasteiger partial charge >= 0.3 is 0 Å². The maximum Gasteiger partial charge on any atom is 0.0541 e. The van der Waals surface area contributed by atoms with Crippen LogP contribution < -0.4 is 10.6 Å². The highest BCUT2D eigenvalue weighted by atomic mass is 15.0. The molecule has 254 valence electrons. The number of hydrogen-bond donors (Lipinski definition) is 0. The molecule has 8 aromatic carbocycles. The second-order valence-corrected chi connectivity index (χ2v) is 14.5. The molecule has 1 aliphatic rings. The fraction of sp³-hybridized carbons (Fsp3) is 0.0385. The number of para-hydroxylation sites is 2. The maximum absolute atomic E-state index is 2.53. The average molecular weight is 689 g/mol. The van der Waals surface area contributed by atoms with E-state index in [9.17, 15) is 0 Å². The zero-order valence-electron chi connectivity index (χ0n) is 29.7. The van der Waals surface area contributed by atoms with Crippen LogP contribution in [-0.4, -0.2) is 9.13 Å². The summed E-state index contributed by atoms with van der Waals surface area (Å²) in [6, 6.07) is 68.8. The Labute approximate surface area is 313 Å². The molecule has 11 rings (SSSR count). The third kappa shape index (κ3) is 4.88. The summed E-state index contributed by atoms with van der Waals surface area (Å²) >= 11 is 0. The summed E-state index contributed by atoms with van der Waals surface area (Å²) in [7, 11) is 0. The van der Waals surface area contributed by atoms with E-state index in [4.69, 9.17) is 0 Å². The lowest BCUT2D eigenvalue weighted by Gasteiger charge is -2.17. The van der Waals surface area contributed by atoms with Crippen LogP contribution in [0.5, 0.6) is 0 Å². The monoisotopic (exact) mass is 688 g/mol. The number of nitrogens with zero attached hydrogens (tertiary/aromatic N) is 2. The van der Waals surface area contributed by atoms with E-state index >= 15 is 0 Å². The molecule has 0 bridgehead atoms. The van der Waals surface area contributed by atoms with Gasteiger partial charge in [-0.3, -0.25) is 0 Å². The number of hydrogen-bond acceptors (Lipinski definition) is 0. The van der Waals surface area contributed by atoms with Crippen molar-refractivity contribution < 1.29 is 0 Å². The largest absolute Gasteiger partial charge is 0.310 e. The third-order valence-electron chi connectivity index (χ3n) is 11.4. The topological polar surface area (TPSA) is 9.86 Å². The number of fused-ring (bicyclic) bond motifs is 7. The van der Waals surface area contributed by atoms with E-state index in [-0.39, 0.29) is 5.92 Å². The molecule has 2 aromatic heterocycles. The lowest BCUT2D eigenvalue weighted by Crippen LogP contribution is -2.31. The standard InChI is InChI=1S/C52H36N2/c1-3-14-35(15-4-1)40-30-41(36-16-5-2-6-17-36)32-42(31-40)53-49-23-11-9-21-44(49)46-33-38(26-28-51(46)53)39-27-29-52-47(34-39)45-22-10-12-24-50(45)54(52)48-25-13-19-37-18-7-8-20-43(37)48/h1-25,27-34,38H,26H2. The highest BCUT2D eigenvalue weighted by Gasteiger charge is 2.20. The second-order valence-electron chi connectivity index (χ2n) is 14.5. The molecule has 0 radical (unpaired) electrons. The Morgan fingerprint density at radius 2 is 1.00 bits per heavy atom. The number of rotatable bonds is 5. The SMILES string of the molecule is C1=c2c(n(-c3cc(-c4ccccc4)cc(-c4ccccc4)c3)c3ccccc23)=CCC1c1ccc2c(c1)c1ccccc1n2-c1cccc2ccccc12. The number of aromatic nitrogens is 2. The maximum atomic E-state index is 2.53. The van der Waals surface area contributed by atoms with Crippen molar-refractivity contribution in [3.8, 4) is 33.6 Å². The Hall–Kier alpha value is -6.90. The lowest BCUT2D eigenvalue weighted by molar-refractivity contribution is 0.909. The Morgan fingerprint density at radius 3 is 1.74 bits per heavy atom. The van der Waals surface area contributed by atoms with Crippen molar-refractivity contribution in [3.63, 3.8) is 0 Å². The molecule has 0 N–H and O–H groups in total. The smallest absolute Gasteiger partial charge is 0.0541 e. The van der Waals surface area contributed by atoms with Gasteiger partial charge in [-0.05, 0) is 88.2 Å². The van der Waals surface area contributed by atoms with Crippen molar-refractivity contribution >= 4 is 55.6 Å². The van der Waals surface area contributed by atoms with Crippen LogP contribution in [0.3, 0.4) is 0 Å². The fourth-order valence-corrected chi connectivity index (χ4v) is 8.90. The molecule has 0 saturated carbocycles. The predicted octanol–water partition coefficient (Wildman–Crippen LogP) is 12.0. The molecule has 0 spiro atoms. The molecule has 2 heterocycles. The van der Waals surface area contributed by atoms with Crippen molar-refractivity contribution in [2.24, 2.45) is 0 Å². The van der Waals surface area contributed by atoms with E-state index in [0.29, 0.717) is 0 Å². The second kappa shape index (κ2) is 12.4. The Morgan fingerprint density at radius 1 is 0.407 bits per heavy atom. The first-order valence-electron chi connectivity index (χ1n) is 18.9. The molecular formula is C52H36N2. The van der Waals surface area contributed by atoms with Gasteiger partial charge in [-0.25, -0.2) is 0 Å². The highest BCUT2D eigenvalue weighted by molar-refractivity contribution is 6.11. The molecule has 10 aromatic rings. The summed E-state index contributed by atoms with van der Waals surface area (Å²) in [5.41, 5.74) is 12.3. The van der Waals surface area contributed by atoms with Crippen LogP contribution in [0.25, 0.3) is 89.3 Å². The number of benzene rings is 8. The first-order chi connectivity index (χ1) is 26.8. The van der Waals surface area contributed by atoms with Crippen molar-refractivity contribution in [1.29, 1.82) is 0 Å². The van der Waals surface area contributed by atoms with Crippen LogP contribution in [0.15, 0.2) is 188 Å². The van der Waals surface area contributed by atoms with Crippen LogP contribution in [0.1, 0.15) is 17.9 Å². The minimum Gasteiger partial charge on any atom is -0.310 e. The Balaban J connectivity index is 1.08. The van der Waals surface area contributed by atoms with Gasteiger partial charge in [-0.15, -0.1) is 0 Å². The molecule has 2 heteroatoms. The normalized spacial score (nSPS) is 14.0. The quantitative estimate of drug-likeness (QED) is 0.170. The zero-order chi connectivity index (χ0) is 35.6. The van der Waals surface area contributed by atoms with Crippen LogP contribution in [0.4, 0.5) is 0 Å². The van der Waals surface area contributed by atoms with Gasteiger partial charge in [0.15, 0.2) is 0 Å². The Kier molecular flexibility index (Phi) is 7.03. The molecule has 0 fully saturated rings. The molecule has 0 aliphatic heterocycles. The van der Waals surface area contributed by atoms with Gasteiger partial charge in [-0.2, -0.15) is 0 Å². The molecular weight excluding hydrogens is 653 g/mol. The summed E-state index contributed by atoms with van der Waals surface area (Å²) in [5.74, 6) is 0.261. The van der Waals surface area contributed by atoms with E-state index in [1.165, 1.54) is 93.2 Å². The summed E-state index contributed by atoms with van der Waals surface area (Å²) in [5, 5.41) is 8.96. The van der Waals surface area contributed by atoms with Crippen LogP contribution in [0, 0.1) is 0 Å². The van der Waals surface area contributed by atoms with E-state index in [0.717, 1.165) is 6.42 Å². The van der Waals surface area contributed by atoms with Crippen LogP contribution >= 0.6 is 0 Å². The van der Waals surface area contributed by atoms with E-state index in [2.05, 4.69) is 209 Å². The van der Waals surface area contributed by atoms with Crippen molar-refractivity contribution in [1.82, 2.24) is 9.13 Å². The molecule has 1 unspecified atom stereocenters. The van der Waals surface area contributed by atoms with Crippen molar-refractivity contribution in [3.05, 3.63) is 204 Å². The average Bonchev–Trinajstić information content (AvgIpc) is 3.76. The summed E-state index contributed by atoms with van der Waals surface area (Å²) in [4.78, 5) is 0. The van der Waals surface area contributed by atoms with Crippen LogP contribution in [0.2, 0.25) is 0 Å². The Bertz CT molecular complexity index is 3120. The van der Waals surface area contributed by atoms with Crippen molar-refractivity contribution in [2.75, 3.05) is 0 Å². The molecule has 0 saturated heterocycles. The van der Waals surface area contributed by atoms with E-state index in [1.54, 1.807) is 0 Å². The first kappa shape index (κ1) is 30.7. The predicted molar refractivity (Wildman–Crippen MR) is 228 cm³/mol. The van der Waals surface area contributed by atoms with E-state index in [1.807, 2.05) is 0 Å². The summed E-state index contributed by atoms with van der Waals surface area (Å²) < 4.78 is 4.93. The third-order valence-corrected chi connectivity index (χ3v) is 11.4. The molecule has 0 amide bonds. The summed E-state index contributed by atoms with van der Waals surface area (Å²) in [6.45, 7) is 0. The minimum atomic E-state index is 0.261.